The number of hydrogen-bond donors (Lipinski definition) is 2. The second-order valence-electron chi connectivity index (χ2n) is 5.14. The Kier molecular flexibility index (Phi) is 3.32. The summed E-state index contributed by atoms with van der Waals surface area (Å²) in [7, 11) is 0. The Morgan fingerprint density at radius 1 is 0.958 bits per heavy atom. The van der Waals surface area contributed by atoms with Gasteiger partial charge in [0.1, 0.15) is 23.0 Å². The van der Waals surface area contributed by atoms with Gasteiger partial charge in [-0.25, -0.2) is 4.98 Å². The molecule has 4 aromatic rings. The molecule has 0 saturated carbocycles. The smallest absolute Gasteiger partial charge is 0.149 e. The number of para-hydroxylation sites is 1. The van der Waals surface area contributed by atoms with E-state index in [-0.39, 0.29) is 16.5 Å². The van der Waals surface area contributed by atoms with Crippen LogP contribution in [0.25, 0.3) is 28.2 Å². The van der Waals surface area contributed by atoms with Crippen molar-refractivity contribution in [1.82, 2.24) is 19.4 Å². The molecule has 4 rings (SSSR count). The van der Waals surface area contributed by atoms with Crippen molar-refractivity contribution in [2.24, 2.45) is 0 Å². The van der Waals surface area contributed by atoms with E-state index in [4.69, 9.17) is 11.6 Å². The van der Waals surface area contributed by atoms with Gasteiger partial charge in [-0.1, -0.05) is 17.7 Å². The SMILES string of the molecule is Oc1cnccc1-c1nc(-c2cccc(Cl)c2O)n2ccncc12. The third-order valence-corrected chi connectivity index (χ3v) is 4.03. The number of nitrogens with zero attached hydrogens (tertiary/aromatic N) is 4. The number of aromatic hydroxyl groups is 2. The lowest BCUT2D eigenvalue weighted by Crippen LogP contribution is -1.90. The van der Waals surface area contributed by atoms with Crippen molar-refractivity contribution in [3.63, 3.8) is 0 Å². The van der Waals surface area contributed by atoms with Crippen LogP contribution in [0.15, 0.2) is 55.2 Å². The van der Waals surface area contributed by atoms with E-state index in [2.05, 4.69) is 15.0 Å². The molecule has 2 N–H and O–H groups in total. The van der Waals surface area contributed by atoms with E-state index >= 15 is 0 Å². The topological polar surface area (TPSA) is 83.5 Å². The third kappa shape index (κ3) is 2.16. The molecule has 0 bridgehead atoms. The van der Waals surface area contributed by atoms with Crippen LogP contribution < -0.4 is 0 Å². The first-order valence-electron chi connectivity index (χ1n) is 7.10. The van der Waals surface area contributed by atoms with E-state index in [9.17, 15) is 10.2 Å². The molecule has 3 aromatic heterocycles. The third-order valence-electron chi connectivity index (χ3n) is 3.73. The van der Waals surface area contributed by atoms with Gasteiger partial charge < -0.3 is 10.2 Å². The van der Waals surface area contributed by atoms with Crippen molar-refractivity contribution in [3.8, 4) is 34.1 Å². The second kappa shape index (κ2) is 5.50. The molecule has 3 heterocycles. The fourth-order valence-electron chi connectivity index (χ4n) is 2.61. The van der Waals surface area contributed by atoms with Gasteiger partial charge in [0.25, 0.3) is 0 Å². The van der Waals surface area contributed by atoms with Crippen LogP contribution in [0.3, 0.4) is 0 Å². The van der Waals surface area contributed by atoms with Crippen molar-refractivity contribution >= 4 is 17.1 Å². The van der Waals surface area contributed by atoms with Gasteiger partial charge in [0.2, 0.25) is 0 Å². The van der Waals surface area contributed by atoms with Crippen LogP contribution in [0.2, 0.25) is 5.02 Å². The lowest BCUT2D eigenvalue weighted by molar-refractivity contribution is 0.474. The number of benzene rings is 1. The number of hydrogen-bond acceptors (Lipinski definition) is 5. The van der Waals surface area contributed by atoms with Crippen LogP contribution in [0.1, 0.15) is 0 Å². The van der Waals surface area contributed by atoms with E-state index in [1.165, 1.54) is 6.20 Å². The normalized spacial score (nSPS) is 11.0. The van der Waals surface area contributed by atoms with Crippen LogP contribution >= 0.6 is 11.6 Å². The van der Waals surface area contributed by atoms with Crippen LogP contribution in [0, 0.1) is 0 Å². The van der Waals surface area contributed by atoms with E-state index in [0.717, 1.165) is 0 Å². The maximum Gasteiger partial charge on any atom is 0.149 e. The summed E-state index contributed by atoms with van der Waals surface area (Å²) in [5.74, 6) is 0.468. The highest BCUT2D eigenvalue weighted by molar-refractivity contribution is 6.32. The summed E-state index contributed by atoms with van der Waals surface area (Å²) in [5.41, 5.74) is 2.25. The summed E-state index contributed by atoms with van der Waals surface area (Å²) in [4.78, 5) is 12.6. The summed E-state index contributed by atoms with van der Waals surface area (Å²) in [6, 6.07) is 6.75. The molecule has 7 heteroatoms. The largest absolute Gasteiger partial charge is 0.506 e. The number of aromatic nitrogens is 4. The number of halogens is 1. The first-order valence-corrected chi connectivity index (χ1v) is 7.48. The number of pyridine rings is 1. The summed E-state index contributed by atoms with van der Waals surface area (Å²) in [6.45, 7) is 0. The Bertz CT molecular complexity index is 1060. The standard InChI is InChI=1S/C17H11ClN4O2/c18-12-3-1-2-11(16(12)24)17-21-15(10-4-5-19-9-14(10)23)13-8-20-6-7-22(13)17/h1-9,23-24H. The lowest BCUT2D eigenvalue weighted by atomic mass is 10.1. The Balaban J connectivity index is 2.06. The van der Waals surface area contributed by atoms with E-state index in [1.807, 2.05) is 0 Å². The zero-order chi connectivity index (χ0) is 16.7. The molecular weight excluding hydrogens is 328 g/mol. The molecule has 1 aromatic carbocycles. The van der Waals surface area contributed by atoms with E-state index in [0.29, 0.717) is 28.2 Å². The number of rotatable bonds is 2. The molecule has 6 nitrogen and oxygen atoms in total. The van der Waals surface area contributed by atoms with Gasteiger partial charge in [-0.05, 0) is 18.2 Å². The van der Waals surface area contributed by atoms with Gasteiger partial charge in [-0.15, -0.1) is 0 Å². The summed E-state index contributed by atoms with van der Waals surface area (Å²) < 4.78 is 1.79. The predicted molar refractivity (Wildman–Crippen MR) is 90.0 cm³/mol. The molecule has 0 fully saturated rings. The minimum atomic E-state index is -0.0478. The highest BCUT2D eigenvalue weighted by atomic mass is 35.5. The molecule has 0 aliphatic carbocycles. The summed E-state index contributed by atoms with van der Waals surface area (Å²) in [6.07, 6.45) is 7.93. The highest BCUT2D eigenvalue weighted by Gasteiger charge is 2.19. The number of phenols is 1. The average molecular weight is 339 g/mol. The summed E-state index contributed by atoms with van der Waals surface area (Å²) in [5, 5.41) is 20.6. The van der Waals surface area contributed by atoms with Crippen molar-refractivity contribution in [2.75, 3.05) is 0 Å². The van der Waals surface area contributed by atoms with Crippen molar-refractivity contribution in [3.05, 3.63) is 60.3 Å². The molecule has 24 heavy (non-hydrogen) atoms. The van der Waals surface area contributed by atoms with Crippen molar-refractivity contribution in [2.45, 2.75) is 0 Å². The number of imidazole rings is 1. The van der Waals surface area contributed by atoms with Gasteiger partial charge in [0.05, 0.1) is 28.5 Å². The zero-order valence-electron chi connectivity index (χ0n) is 12.3. The molecule has 0 spiro atoms. The maximum atomic E-state index is 10.3. The minimum Gasteiger partial charge on any atom is -0.506 e. The number of phenolic OH excluding ortho intramolecular Hbond substituents is 1. The van der Waals surface area contributed by atoms with Crippen molar-refractivity contribution in [1.29, 1.82) is 0 Å². The van der Waals surface area contributed by atoms with Crippen LogP contribution in [0.4, 0.5) is 0 Å². The van der Waals surface area contributed by atoms with Gasteiger partial charge >= 0.3 is 0 Å². The fraction of sp³-hybridized carbons (Fsp3) is 0. The number of fused-ring (bicyclic) bond motifs is 1. The molecule has 0 aliphatic heterocycles. The van der Waals surface area contributed by atoms with Gasteiger partial charge in [0, 0.05) is 24.2 Å². The van der Waals surface area contributed by atoms with Gasteiger partial charge in [-0.2, -0.15) is 0 Å². The molecule has 118 valence electrons. The summed E-state index contributed by atoms with van der Waals surface area (Å²) >= 11 is 6.02. The quantitative estimate of drug-likeness (QED) is 0.584. The highest BCUT2D eigenvalue weighted by Crippen LogP contribution is 2.38. The Morgan fingerprint density at radius 3 is 2.62 bits per heavy atom. The molecular formula is C17H11ClN4O2. The first kappa shape index (κ1) is 14.5. The monoisotopic (exact) mass is 338 g/mol. The second-order valence-corrected chi connectivity index (χ2v) is 5.55. The average Bonchev–Trinajstić information content (AvgIpc) is 2.97. The fourth-order valence-corrected chi connectivity index (χ4v) is 2.78. The van der Waals surface area contributed by atoms with Crippen molar-refractivity contribution < 1.29 is 10.2 Å². The van der Waals surface area contributed by atoms with Gasteiger partial charge in [-0.3, -0.25) is 14.4 Å². The zero-order valence-corrected chi connectivity index (χ0v) is 13.0. The maximum absolute atomic E-state index is 10.3. The first-order chi connectivity index (χ1) is 11.7. The van der Waals surface area contributed by atoms with E-state index in [1.54, 1.807) is 53.5 Å². The molecule has 0 saturated heterocycles. The van der Waals surface area contributed by atoms with Crippen LogP contribution in [-0.2, 0) is 0 Å². The predicted octanol–water partition coefficient (Wildman–Crippen LogP) is 3.52. The Morgan fingerprint density at radius 2 is 1.79 bits per heavy atom. The Labute approximate surface area is 141 Å². The molecule has 0 amide bonds. The minimum absolute atomic E-state index is 0.0169. The molecule has 0 aliphatic rings. The van der Waals surface area contributed by atoms with Crippen LogP contribution in [0.5, 0.6) is 11.5 Å². The Hall–Kier alpha value is -3.12. The molecule has 0 radical (unpaired) electrons. The lowest BCUT2D eigenvalue weighted by Gasteiger charge is -2.04. The van der Waals surface area contributed by atoms with Crippen LogP contribution in [-0.4, -0.2) is 29.6 Å². The molecule has 0 unspecified atom stereocenters. The van der Waals surface area contributed by atoms with E-state index < -0.39 is 0 Å². The molecule has 0 atom stereocenters. The van der Waals surface area contributed by atoms with Gasteiger partial charge in [0.15, 0.2) is 0 Å².